The Morgan fingerprint density at radius 3 is 2.19 bits per heavy atom. The van der Waals surface area contributed by atoms with Gasteiger partial charge in [-0.2, -0.15) is 0 Å². The standard InChI is InChI=1S/C13H14F4N2O2/c1-5-8-18(11(20)9(2)14)13(3,4)7-6-10(15)12(21)19(16)17/h1,6H,2,7-8H2,3-4H3. The summed E-state index contributed by atoms with van der Waals surface area (Å²) in [5, 5.41) is -1.91. The number of terminal acetylenes is 1. The smallest absolute Gasteiger partial charge is 0.320 e. The minimum absolute atomic E-state index is 0.295. The van der Waals surface area contributed by atoms with E-state index in [1.807, 2.05) is 0 Å². The first kappa shape index (κ1) is 18.7. The van der Waals surface area contributed by atoms with Gasteiger partial charge in [0, 0.05) is 10.9 Å². The number of halogens is 4. The summed E-state index contributed by atoms with van der Waals surface area (Å²) < 4.78 is 49.8. The van der Waals surface area contributed by atoms with Crippen LogP contribution in [0.4, 0.5) is 17.7 Å². The molecular weight excluding hydrogens is 292 g/mol. The van der Waals surface area contributed by atoms with Gasteiger partial charge in [-0.1, -0.05) is 21.5 Å². The lowest BCUT2D eigenvalue weighted by molar-refractivity contribution is -0.184. The summed E-state index contributed by atoms with van der Waals surface area (Å²) in [7, 11) is 0. The van der Waals surface area contributed by atoms with Crippen molar-refractivity contribution in [1.82, 2.24) is 10.2 Å². The second kappa shape index (κ2) is 7.47. The van der Waals surface area contributed by atoms with Crippen LogP contribution in [-0.4, -0.2) is 34.1 Å². The number of rotatable bonds is 6. The van der Waals surface area contributed by atoms with E-state index in [9.17, 15) is 27.3 Å². The zero-order valence-electron chi connectivity index (χ0n) is 11.5. The number of nitrogens with zero attached hydrogens (tertiary/aromatic N) is 2. The molecule has 0 fully saturated rings. The highest BCUT2D eigenvalue weighted by atomic mass is 19.4. The maximum absolute atomic E-state index is 13.1. The number of amides is 2. The highest BCUT2D eigenvalue weighted by Crippen LogP contribution is 2.23. The SMILES string of the molecule is C#CCN(C(=O)C(=C)F)C(C)(C)CC=C(F)C(=O)N(F)F. The summed E-state index contributed by atoms with van der Waals surface area (Å²) in [5.74, 6) is -4.05. The molecule has 0 aromatic rings. The Kier molecular flexibility index (Phi) is 6.66. The quantitative estimate of drug-likeness (QED) is 0.327. The molecule has 116 valence electrons. The first-order valence-corrected chi connectivity index (χ1v) is 5.66. The van der Waals surface area contributed by atoms with E-state index in [2.05, 4.69) is 12.5 Å². The molecule has 4 nitrogen and oxygen atoms in total. The summed E-state index contributed by atoms with van der Waals surface area (Å²) in [6, 6.07) is 0. The third kappa shape index (κ3) is 5.30. The van der Waals surface area contributed by atoms with Crippen LogP contribution < -0.4 is 0 Å². The maximum Gasteiger partial charge on any atom is 0.342 e. The van der Waals surface area contributed by atoms with Crippen molar-refractivity contribution < 1.29 is 27.3 Å². The minimum atomic E-state index is -2.12. The van der Waals surface area contributed by atoms with Gasteiger partial charge in [0.2, 0.25) is 0 Å². The maximum atomic E-state index is 13.1. The molecule has 0 unspecified atom stereocenters. The Morgan fingerprint density at radius 2 is 1.81 bits per heavy atom. The molecule has 8 heteroatoms. The summed E-state index contributed by atoms with van der Waals surface area (Å²) in [6.07, 6.45) is 5.30. The van der Waals surface area contributed by atoms with Crippen LogP contribution in [0.1, 0.15) is 20.3 Å². The van der Waals surface area contributed by atoms with E-state index in [0.717, 1.165) is 4.90 Å². The van der Waals surface area contributed by atoms with Gasteiger partial charge in [-0.15, -0.1) is 6.42 Å². The summed E-state index contributed by atoms with van der Waals surface area (Å²) >= 11 is 0. The van der Waals surface area contributed by atoms with Gasteiger partial charge in [0.1, 0.15) is 0 Å². The predicted molar refractivity (Wildman–Crippen MR) is 67.7 cm³/mol. The molecule has 0 rings (SSSR count). The summed E-state index contributed by atoms with van der Waals surface area (Å²) in [4.78, 5) is 23.1. The Hall–Kier alpha value is -2.30. The molecule has 0 saturated carbocycles. The van der Waals surface area contributed by atoms with Crippen molar-refractivity contribution in [2.75, 3.05) is 6.54 Å². The zero-order valence-corrected chi connectivity index (χ0v) is 11.5. The van der Waals surface area contributed by atoms with Gasteiger partial charge in [0.25, 0.3) is 5.91 Å². The van der Waals surface area contributed by atoms with Crippen molar-refractivity contribution in [2.24, 2.45) is 0 Å². The average Bonchev–Trinajstić information content (AvgIpc) is 2.40. The third-order valence-electron chi connectivity index (χ3n) is 2.60. The van der Waals surface area contributed by atoms with E-state index < -0.39 is 34.4 Å². The van der Waals surface area contributed by atoms with Gasteiger partial charge in [0.15, 0.2) is 11.7 Å². The van der Waals surface area contributed by atoms with Gasteiger partial charge in [-0.05, 0) is 26.3 Å². The number of carbonyl (C=O) groups excluding carboxylic acids is 2. The molecule has 0 spiro atoms. The van der Waals surface area contributed by atoms with Crippen LogP contribution in [0.25, 0.3) is 0 Å². The highest BCUT2D eigenvalue weighted by molar-refractivity contribution is 5.91. The van der Waals surface area contributed by atoms with E-state index in [-0.39, 0.29) is 13.0 Å². The Balaban J connectivity index is 5.21. The molecule has 21 heavy (non-hydrogen) atoms. The lowest BCUT2D eigenvalue weighted by atomic mass is 9.97. The van der Waals surface area contributed by atoms with E-state index >= 15 is 0 Å². The van der Waals surface area contributed by atoms with Crippen molar-refractivity contribution >= 4 is 11.8 Å². The van der Waals surface area contributed by atoms with Crippen LogP contribution in [0.15, 0.2) is 24.3 Å². The molecule has 0 aliphatic carbocycles. The summed E-state index contributed by atoms with van der Waals surface area (Å²) in [5.41, 5.74) is -1.21. The van der Waals surface area contributed by atoms with Crippen molar-refractivity contribution in [3.05, 3.63) is 24.3 Å². The molecule has 0 atom stereocenters. The molecule has 0 aliphatic rings. The van der Waals surface area contributed by atoms with E-state index in [4.69, 9.17) is 6.42 Å². The Labute approximate surface area is 119 Å². The van der Waals surface area contributed by atoms with E-state index in [0.29, 0.717) is 6.08 Å². The fourth-order valence-electron chi connectivity index (χ4n) is 1.42. The second-order valence-electron chi connectivity index (χ2n) is 4.61. The Morgan fingerprint density at radius 1 is 1.29 bits per heavy atom. The lowest BCUT2D eigenvalue weighted by Crippen LogP contribution is -2.47. The number of hydrogen-bond acceptors (Lipinski definition) is 2. The molecule has 0 radical (unpaired) electrons. The van der Waals surface area contributed by atoms with Crippen molar-refractivity contribution in [1.29, 1.82) is 0 Å². The average molecular weight is 306 g/mol. The molecule has 0 saturated heterocycles. The van der Waals surface area contributed by atoms with Gasteiger partial charge in [0.05, 0.1) is 6.54 Å². The van der Waals surface area contributed by atoms with E-state index in [1.54, 1.807) is 0 Å². The first-order valence-electron chi connectivity index (χ1n) is 5.66. The van der Waals surface area contributed by atoms with Gasteiger partial charge < -0.3 is 4.90 Å². The normalized spacial score (nSPS) is 11.6. The van der Waals surface area contributed by atoms with Crippen molar-refractivity contribution in [3.63, 3.8) is 0 Å². The molecule has 0 bridgehead atoms. The first-order chi connectivity index (χ1) is 9.54. The summed E-state index contributed by atoms with van der Waals surface area (Å²) in [6.45, 7) is 5.36. The fraction of sp³-hybridized carbons (Fsp3) is 0.385. The molecular formula is C13H14F4N2O2. The van der Waals surface area contributed by atoms with Crippen molar-refractivity contribution in [3.8, 4) is 12.3 Å². The minimum Gasteiger partial charge on any atom is -0.320 e. The van der Waals surface area contributed by atoms with Crippen LogP contribution >= 0.6 is 0 Å². The molecule has 0 aromatic heterocycles. The molecule has 2 amide bonds. The topological polar surface area (TPSA) is 40.6 Å². The van der Waals surface area contributed by atoms with Crippen LogP contribution in [-0.2, 0) is 9.59 Å². The predicted octanol–water partition coefficient (Wildman–Crippen LogP) is 2.55. The van der Waals surface area contributed by atoms with Crippen molar-refractivity contribution in [2.45, 2.75) is 25.8 Å². The Bertz CT molecular complexity index is 507. The monoisotopic (exact) mass is 306 g/mol. The molecule has 0 aliphatic heterocycles. The van der Waals surface area contributed by atoms with Gasteiger partial charge >= 0.3 is 5.91 Å². The van der Waals surface area contributed by atoms with Crippen LogP contribution in [0, 0.1) is 12.3 Å². The third-order valence-corrected chi connectivity index (χ3v) is 2.60. The van der Waals surface area contributed by atoms with Crippen LogP contribution in [0.5, 0.6) is 0 Å². The fourth-order valence-corrected chi connectivity index (χ4v) is 1.42. The molecule has 0 aromatic carbocycles. The largest absolute Gasteiger partial charge is 0.342 e. The second-order valence-corrected chi connectivity index (χ2v) is 4.61. The highest BCUT2D eigenvalue weighted by Gasteiger charge is 2.31. The van der Waals surface area contributed by atoms with Crippen LogP contribution in [0.3, 0.4) is 0 Å². The van der Waals surface area contributed by atoms with Crippen LogP contribution in [0.2, 0.25) is 0 Å². The molecule has 0 N–H and O–H groups in total. The lowest BCUT2D eigenvalue weighted by Gasteiger charge is -2.36. The van der Waals surface area contributed by atoms with Gasteiger partial charge in [-0.25, -0.2) is 8.78 Å². The van der Waals surface area contributed by atoms with E-state index in [1.165, 1.54) is 13.8 Å². The number of hydrogen-bond donors (Lipinski definition) is 0. The number of carbonyl (C=O) groups is 2. The molecule has 0 heterocycles. The zero-order chi connectivity index (χ0) is 16.8. The van der Waals surface area contributed by atoms with Gasteiger partial charge in [-0.3, -0.25) is 9.59 Å².